The number of hydrogen-bond acceptors (Lipinski definition) is 1. The van der Waals surface area contributed by atoms with Crippen molar-refractivity contribution in [2.24, 2.45) is 0 Å². The maximum Gasteiger partial charge on any atom is 0.0714 e. The van der Waals surface area contributed by atoms with Crippen LogP contribution in [-0.2, 0) is 16.2 Å². The Morgan fingerprint density at radius 3 is 0.987 bits per heavy atom. The summed E-state index contributed by atoms with van der Waals surface area (Å²) in [4.78, 5) is 2.58. The van der Waals surface area contributed by atoms with Crippen molar-refractivity contribution >= 4 is 17.1 Å². The molecule has 15 rings (SSSR count). The fourth-order valence-corrected chi connectivity index (χ4v) is 14.2. The molecule has 0 heterocycles. The zero-order chi connectivity index (χ0) is 50.3. The molecule has 3 aliphatic rings. The topological polar surface area (TPSA) is 3.24 Å². The molecule has 0 spiro atoms. The Morgan fingerprint density at radius 1 is 0.197 bits per heavy atom. The summed E-state index contributed by atoms with van der Waals surface area (Å²) in [6.07, 6.45) is 0. The van der Waals surface area contributed by atoms with Crippen LogP contribution in [0, 0.1) is 0 Å². The van der Waals surface area contributed by atoms with E-state index in [2.05, 4.69) is 314 Å². The molecule has 0 aliphatic heterocycles. The molecule has 0 saturated carbocycles. The third-order valence-corrected chi connectivity index (χ3v) is 17.1. The number of nitrogens with zero attached hydrogens (tertiary/aromatic N) is 1. The average Bonchev–Trinajstić information content (AvgIpc) is 4.30. The highest BCUT2D eigenvalue weighted by Crippen LogP contribution is 2.63. The van der Waals surface area contributed by atoms with E-state index < -0.39 is 16.2 Å². The van der Waals surface area contributed by atoms with E-state index in [0.717, 1.165) is 17.1 Å². The lowest BCUT2D eigenvalue weighted by atomic mass is 9.67. The van der Waals surface area contributed by atoms with E-state index in [1.165, 1.54) is 100 Å². The highest BCUT2D eigenvalue weighted by atomic mass is 15.1. The Balaban J connectivity index is 1.05. The summed E-state index contributed by atoms with van der Waals surface area (Å²) in [6.45, 7) is 0. The summed E-state index contributed by atoms with van der Waals surface area (Å²) >= 11 is 0. The van der Waals surface area contributed by atoms with Crippen molar-refractivity contribution in [1.29, 1.82) is 0 Å². The molecule has 12 aromatic carbocycles. The van der Waals surface area contributed by atoms with Gasteiger partial charge in [-0.15, -0.1) is 0 Å². The summed E-state index contributed by atoms with van der Waals surface area (Å²) in [6, 6.07) is 116. The van der Waals surface area contributed by atoms with Crippen molar-refractivity contribution in [3.63, 3.8) is 0 Å². The smallest absolute Gasteiger partial charge is 0.0714 e. The lowest BCUT2D eigenvalue weighted by molar-refractivity contribution is 0.767. The summed E-state index contributed by atoms with van der Waals surface area (Å²) in [5, 5.41) is 0. The van der Waals surface area contributed by atoms with Crippen molar-refractivity contribution in [3.05, 3.63) is 376 Å². The normalized spacial score (nSPS) is 14.4. The summed E-state index contributed by atoms with van der Waals surface area (Å²) < 4.78 is 0. The number of benzene rings is 12. The first-order valence-electron chi connectivity index (χ1n) is 26.6. The maximum absolute atomic E-state index is 2.58. The molecule has 0 atom stereocenters. The standard InChI is InChI=1S/C75H51N/c1-7-26-52(27-8-1)73(53-28-9-2-10-29-53)66-42-23-20-39-61(66)64-50-58(47-49-68(64)73)76(59-46-48-62-60-38-19-22-41-65(60)75(70(62)51-59,56-34-15-5-16-35-56)57-36-17-6-18-37-57)71-45-25-44-69-72(71)63-40-21-24-43-67(63)74(69,54-30-11-3-12-31-54)55-32-13-4-14-33-55/h1-51H. The van der Waals surface area contributed by atoms with E-state index in [1.54, 1.807) is 0 Å². The van der Waals surface area contributed by atoms with Crippen LogP contribution in [0.25, 0.3) is 33.4 Å². The van der Waals surface area contributed by atoms with Gasteiger partial charge in [-0.3, -0.25) is 0 Å². The van der Waals surface area contributed by atoms with Crippen LogP contribution in [-0.4, -0.2) is 0 Å². The van der Waals surface area contributed by atoms with Crippen molar-refractivity contribution in [1.82, 2.24) is 0 Å². The van der Waals surface area contributed by atoms with E-state index >= 15 is 0 Å². The van der Waals surface area contributed by atoms with Crippen LogP contribution >= 0.6 is 0 Å². The maximum atomic E-state index is 2.58. The third kappa shape index (κ3) is 6.03. The van der Waals surface area contributed by atoms with Gasteiger partial charge < -0.3 is 4.90 Å². The van der Waals surface area contributed by atoms with Crippen molar-refractivity contribution in [3.8, 4) is 33.4 Å². The first-order chi connectivity index (χ1) is 37.7. The zero-order valence-electron chi connectivity index (χ0n) is 41.9. The Labute approximate surface area is 445 Å². The summed E-state index contributed by atoms with van der Waals surface area (Å²) in [5.41, 5.74) is 24.3. The third-order valence-electron chi connectivity index (χ3n) is 17.1. The predicted octanol–water partition coefficient (Wildman–Crippen LogP) is 18.2. The van der Waals surface area contributed by atoms with Gasteiger partial charge in [0.2, 0.25) is 0 Å². The molecular formula is C75H51N. The molecule has 0 saturated heterocycles. The second-order valence-corrected chi connectivity index (χ2v) is 20.6. The second kappa shape index (κ2) is 17.3. The number of rotatable bonds is 9. The predicted molar refractivity (Wildman–Crippen MR) is 313 cm³/mol. The van der Waals surface area contributed by atoms with Gasteiger partial charge in [-0.05, 0) is 125 Å². The summed E-state index contributed by atoms with van der Waals surface area (Å²) in [5.74, 6) is 0. The molecule has 1 heteroatoms. The molecule has 0 amide bonds. The SMILES string of the molecule is c1ccc(C2(c3ccccc3)c3ccccc3-c3cc(N(c4ccc5c(c4)C(c4ccccc4)(c4ccccc4)c4ccccc4-5)c4cccc5c4-c4ccccc4C5(c4ccccc4)c4ccccc4)ccc32)cc1. The van der Waals surface area contributed by atoms with Crippen molar-refractivity contribution in [2.45, 2.75) is 16.2 Å². The second-order valence-electron chi connectivity index (χ2n) is 20.6. The zero-order valence-corrected chi connectivity index (χ0v) is 41.9. The monoisotopic (exact) mass is 965 g/mol. The van der Waals surface area contributed by atoms with Gasteiger partial charge in [0.05, 0.1) is 21.9 Å². The molecule has 0 fully saturated rings. The van der Waals surface area contributed by atoms with Crippen LogP contribution in [0.5, 0.6) is 0 Å². The molecular weight excluding hydrogens is 915 g/mol. The minimum atomic E-state index is -0.584. The Hall–Kier alpha value is -9.56. The van der Waals surface area contributed by atoms with Crippen LogP contribution in [0.2, 0.25) is 0 Å². The minimum absolute atomic E-state index is 0.528. The van der Waals surface area contributed by atoms with Crippen molar-refractivity contribution < 1.29 is 0 Å². The van der Waals surface area contributed by atoms with Crippen LogP contribution in [0.3, 0.4) is 0 Å². The molecule has 12 aromatic rings. The molecule has 0 bridgehead atoms. The Kier molecular flexibility index (Phi) is 9.99. The highest BCUT2D eigenvalue weighted by molar-refractivity contribution is 6.00. The van der Waals surface area contributed by atoms with Gasteiger partial charge in [0.25, 0.3) is 0 Å². The molecule has 1 nitrogen and oxygen atoms in total. The van der Waals surface area contributed by atoms with E-state index in [-0.39, 0.29) is 0 Å². The van der Waals surface area contributed by atoms with Crippen molar-refractivity contribution in [2.75, 3.05) is 4.90 Å². The first kappa shape index (κ1) is 44.0. The lowest BCUT2D eigenvalue weighted by Crippen LogP contribution is -2.29. The van der Waals surface area contributed by atoms with Gasteiger partial charge in [-0.25, -0.2) is 0 Å². The molecule has 76 heavy (non-hydrogen) atoms. The van der Waals surface area contributed by atoms with Crippen LogP contribution in [0.15, 0.2) is 309 Å². The number of anilines is 3. The van der Waals surface area contributed by atoms with Gasteiger partial charge in [-0.2, -0.15) is 0 Å². The average molecular weight is 966 g/mol. The molecule has 3 aliphatic carbocycles. The number of hydrogen-bond donors (Lipinski definition) is 0. The molecule has 0 aromatic heterocycles. The van der Waals surface area contributed by atoms with Gasteiger partial charge in [-0.1, -0.05) is 279 Å². The van der Waals surface area contributed by atoms with Gasteiger partial charge in [0.15, 0.2) is 0 Å². The summed E-state index contributed by atoms with van der Waals surface area (Å²) in [7, 11) is 0. The lowest BCUT2D eigenvalue weighted by Gasteiger charge is -2.36. The highest BCUT2D eigenvalue weighted by Gasteiger charge is 2.50. The quantitative estimate of drug-likeness (QED) is 0.139. The molecule has 0 N–H and O–H groups in total. The Bertz CT molecular complexity index is 4030. The minimum Gasteiger partial charge on any atom is -0.310 e. The molecule has 0 unspecified atom stereocenters. The van der Waals surface area contributed by atoms with Gasteiger partial charge in [0.1, 0.15) is 0 Å². The largest absolute Gasteiger partial charge is 0.310 e. The van der Waals surface area contributed by atoms with E-state index in [1.807, 2.05) is 0 Å². The van der Waals surface area contributed by atoms with Crippen LogP contribution in [0.4, 0.5) is 17.1 Å². The van der Waals surface area contributed by atoms with E-state index in [4.69, 9.17) is 0 Å². The van der Waals surface area contributed by atoms with Crippen LogP contribution < -0.4 is 4.90 Å². The molecule has 356 valence electrons. The van der Waals surface area contributed by atoms with E-state index in [9.17, 15) is 0 Å². The van der Waals surface area contributed by atoms with Crippen LogP contribution in [0.1, 0.15) is 66.8 Å². The fourth-order valence-electron chi connectivity index (χ4n) is 14.2. The molecule has 0 radical (unpaired) electrons. The number of fused-ring (bicyclic) bond motifs is 9. The first-order valence-corrected chi connectivity index (χ1v) is 26.6. The Morgan fingerprint density at radius 2 is 0.513 bits per heavy atom. The van der Waals surface area contributed by atoms with Gasteiger partial charge >= 0.3 is 0 Å². The van der Waals surface area contributed by atoms with Gasteiger partial charge in [0, 0.05) is 16.9 Å². The fraction of sp³-hybridized carbons (Fsp3) is 0.0400. The van der Waals surface area contributed by atoms with E-state index in [0.29, 0.717) is 0 Å².